The molecule has 0 bridgehead atoms. The van der Waals surface area contributed by atoms with E-state index in [-0.39, 0.29) is 12.5 Å². The van der Waals surface area contributed by atoms with Gasteiger partial charge in [-0.3, -0.25) is 15.0 Å². The molecule has 0 saturated carbocycles. The second-order valence-electron chi connectivity index (χ2n) is 6.29. The Morgan fingerprint density at radius 1 is 1.19 bits per heavy atom. The summed E-state index contributed by atoms with van der Waals surface area (Å²) in [7, 11) is 5.13. The summed E-state index contributed by atoms with van der Waals surface area (Å²) in [4.78, 5) is 12.9. The van der Waals surface area contributed by atoms with Crippen LogP contribution in [0.2, 0.25) is 0 Å². The number of hydrogen-bond donors (Lipinski definition) is 0. The molecule has 8 heteroatoms. The molecule has 2 aromatic rings. The summed E-state index contributed by atoms with van der Waals surface area (Å²) in [6.07, 6.45) is 0. The van der Waals surface area contributed by atoms with Crippen LogP contribution in [-0.2, 0) is 24.4 Å². The van der Waals surface area contributed by atoms with Crippen LogP contribution in [0.15, 0.2) is 30.3 Å². The van der Waals surface area contributed by atoms with E-state index in [1.807, 2.05) is 30.1 Å². The van der Waals surface area contributed by atoms with Crippen molar-refractivity contribution < 1.29 is 23.9 Å². The molecule has 0 N–H and O–H groups in total. The number of para-hydroxylation sites is 1. The lowest BCUT2D eigenvalue weighted by Crippen LogP contribution is -2.20. The molecule has 1 heterocycles. The van der Waals surface area contributed by atoms with Crippen LogP contribution in [0.5, 0.6) is 17.2 Å². The van der Waals surface area contributed by atoms with Gasteiger partial charge in [0, 0.05) is 41.9 Å². The van der Waals surface area contributed by atoms with Gasteiger partial charge in [0.05, 0.1) is 25.7 Å². The van der Waals surface area contributed by atoms with Crippen LogP contribution in [-0.4, -0.2) is 37.9 Å². The minimum Gasteiger partial charge on any atom is -0.493 e. The summed E-state index contributed by atoms with van der Waals surface area (Å²) < 4.78 is 21.7. The summed E-state index contributed by atoms with van der Waals surface area (Å²) in [5.74, 6) is 2.01. The Balaban J connectivity index is 1.85. The van der Waals surface area contributed by atoms with Gasteiger partial charge in [-0.2, -0.15) is 0 Å². The van der Waals surface area contributed by atoms with Gasteiger partial charge in [-0.05, 0) is 13.1 Å². The fourth-order valence-corrected chi connectivity index (χ4v) is 3.22. The minimum atomic E-state index is -0.399. The Morgan fingerprint density at radius 2 is 1.96 bits per heavy atom. The van der Waals surface area contributed by atoms with Gasteiger partial charge in [0.15, 0.2) is 18.3 Å². The molecule has 0 aliphatic carbocycles. The Hall–Kier alpha value is -2.84. The average Bonchev–Trinajstić information content (AvgIpc) is 2.67. The van der Waals surface area contributed by atoms with E-state index in [1.54, 1.807) is 20.3 Å². The molecule has 8 nitrogen and oxygen atoms in total. The summed E-state index contributed by atoms with van der Waals surface area (Å²) in [5.41, 5.74) is 2.44. The molecular formula is C19H22N2O6. The molecule has 0 amide bonds. The number of nitrogens with zero attached hydrogens (tertiary/aromatic N) is 2. The van der Waals surface area contributed by atoms with Gasteiger partial charge in [0.25, 0.3) is 5.69 Å². The topological polar surface area (TPSA) is 83.3 Å². The van der Waals surface area contributed by atoms with Crippen molar-refractivity contribution in [1.29, 1.82) is 0 Å². The van der Waals surface area contributed by atoms with Crippen LogP contribution in [0, 0.1) is 10.1 Å². The highest BCUT2D eigenvalue weighted by Crippen LogP contribution is 2.35. The standard InChI is InChI=1S/C19H22N2O6/c1-20(9-13-5-4-6-17(24-2)19(13)25-3)10-14-7-16(21(22)23)8-15-11-26-12-27-18(14)15/h4-8H,9-12H2,1-3H3. The third kappa shape index (κ3) is 4.12. The van der Waals surface area contributed by atoms with E-state index < -0.39 is 4.92 Å². The van der Waals surface area contributed by atoms with Crippen molar-refractivity contribution >= 4 is 5.69 Å². The molecule has 0 aromatic heterocycles. The van der Waals surface area contributed by atoms with Gasteiger partial charge in [-0.15, -0.1) is 0 Å². The number of nitro benzene ring substituents is 1. The number of rotatable bonds is 7. The van der Waals surface area contributed by atoms with Gasteiger partial charge in [-0.1, -0.05) is 12.1 Å². The van der Waals surface area contributed by atoms with E-state index in [1.165, 1.54) is 6.07 Å². The summed E-state index contributed by atoms with van der Waals surface area (Å²) in [5, 5.41) is 11.2. The van der Waals surface area contributed by atoms with Crippen molar-refractivity contribution in [2.45, 2.75) is 19.7 Å². The number of hydrogen-bond acceptors (Lipinski definition) is 7. The molecule has 27 heavy (non-hydrogen) atoms. The lowest BCUT2D eigenvalue weighted by molar-refractivity contribution is -0.385. The molecule has 2 aromatic carbocycles. The van der Waals surface area contributed by atoms with Crippen molar-refractivity contribution in [2.75, 3.05) is 28.1 Å². The predicted octanol–water partition coefficient (Wildman–Crippen LogP) is 3.11. The highest BCUT2D eigenvalue weighted by Gasteiger charge is 2.22. The van der Waals surface area contributed by atoms with Crippen LogP contribution < -0.4 is 14.2 Å². The number of fused-ring (bicyclic) bond motifs is 1. The normalized spacial score (nSPS) is 13.0. The SMILES string of the molecule is COc1cccc(CN(C)Cc2cc([N+](=O)[O-])cc3c2OCOC3)c1OC. The average molecular weight is 374 g/mol. The van der Waals surface area contributed by atoms with E-state index in [4.69, 9.17) is 18.9 Å². The third-order valence-corrected chi connectivity index (χ3v) is 4.35. The first-order chi connectivity index (χ1) is 13.0. The molecule has 0 saturated heterocycles. The predicted molar refractivity (Wildman–Crippen MR) is 98.1 cm³/mol. The zero-order valence-electron chi connectivity index (χ0n) is 15.6. The van der Waals surface area contributed by atoms with Crippen LogP contribution >= 0.6 is 0 Å². The van der Waals surface area contributed by atoms with Crippen LogP contribution in [0.3, 0.4) is 0 Å². The summed E-state index contributed by atoms with van der Waals surface area (Å²) in [6.45, 7) is 1.50. The van der Waals surface area contributed by atoms with Crippen molar-refractivity contribution in [3.05, 3.63) is 57.1 Å². The third-order valence-electron chi connectivity index (χ3n) is 4.35. The van der Waals surface area contributed by atoms with Gasteiger partial charge >= 0.3 is 0 Å². The van der Waals surface area contributed by atoms with Gasteiger partial charge in [0.1, 0.15) is 5.75 Å². The molecule has 0 radical (unpaired) electrons. The monoisotopic (exact) mass is 374 g/mol. The zero-order chi connectivity index (χ0) is 19.4. The number of non-ortho nitro benzene ring substituents is 1. The first-order valence-electron chi connectivity index (χ1n) is 8.42. The lowest BCUT2D eigenvalue weighted by atomic mass is 10.1. The Bertz CT molecular complexity index is 839. The molecule has 1 aliphatic heterocycles. The lowest BCUT2D eigenvalue weighted by Gasteiger charge is -2.24. The number of ether oxygens (including phenoxy) is 4. The minimum absolute atomic E-state index is 0.0326. The second-order valence-corrected chi connectivity index (χ2v) is 6.29. The number of benzene rings is 2. The van der Waals surface area contributed by atoms with Crippen molar-refractivity contribution in [3.63, 3.8) is 0 Å². The molecule has 0 unspecified atom stereocenters. The molecule has 144 valence electrons. The van der Waals surface area contributed by atoms with Crippen LogP contribution in [0.25, 0.3) is 0 Å². The van der Waals surface area contributed by atoms with E-state index in [0.717, 1.165) is 11.1 Å². The van der Waals surface area contributed by atoms with Gasteiger partial charge < -0.3 is 18.9 Å². The Morgan fingerprint density at radius 3 is 2.67 bits per heavy atom. The maximum Gasteiger partial charge on any atom is 0.270 e. The molecule has 0 spiro atoms. The molecule has 1 aliphatic rings. The van der Waals surface area contributed by atoms with Gasteiger partial charge in [0.2, 0.25) is 0 Å². The molecule has 3 rings (SSSR count). The zero-order valence-corrected chi connectivity index (χ0v) is 15.6. The van der Waals surface area contributed by atoms with Crippen molar-refractivity contribution in [1.82, 2.24) is 4.90 Å². The van der Waals surface area contributed by atoms with Crippen molar-refractivity contribution in [2.24, 2.45) is 0 Å². The highest BCUT2D eigenvalue weighted by atomic mass is 16.7. The van der Waals surface area contributed by atoms with E-state index in [0.29, 0.717) is 42.5 Å². The first kappa shape index (κ1) is 18.9. The summed E-state index contributed by atoms with van der Waals surface area (Å²) >= 11 is 0. The molecule has 0 atom stereocenters. The van der Waals surface area contributed by atoms with Gasteiger partial charge in [-0.25, -0.2) is 0 Å². The summed E-state index contributed by atoms with van der Waals surface area (Å²) in [6, 6.07) is 8.77. The highest BCUT2D eigenvalue weighted by molar-refractivity contribution is 5.51. The quantitative estimate of drug-likeness (QED) is 0.544. The molecule has 0 fully saturated rings. The first-order valence-corrected chi connectivity index (χ1v) is 8.42. The van der Waals surface area contributed by atoms with Crippen molar-refractivity contribution in [3.8, 4) is 17.2 Å². The van der Waals surface area contributed by atoms with Crippen LogP contribution in [0.1, 0.15) is 16.7 Å². The number of nitro groups is 1. The van der Waals surface area contributed by atoms with E-state index in [2.05, 4.69) is 0 Å². The Labute approximate surface area is 157 Å². The maximum atomic E-state index is 11.2. The Kier molecular flexibility index (Phi) is 5.78. The molecular weight excluding hydrogens is 352 g/mol. The second kappa shape index (κ2) is 8.24. The number of methoxy groups -OCH3 is 2. The fourth-order valence-electron chi connectivity index (χ4n) is 3.22. The fraction of sp³-hybridized carbons (Fsp3) is 0.368. The largest absolute Gasteiger partial charge is 0.493 e. The van der Waals surface area contributed by atoms with E-state index >= 15 is 0 Å². The van der Waals surface area contributed by atoms with E-state index in [9.17, 15) is 10.1 Å². The van der Waals surface area contributed by atoms with Crippen LogP contribution in [0.4, 0.5) is 5.69 Å². The smallest absolute Gasteiger partial charge is 0.270 e. The maximum absolute atomic E-state index is 11.2.